The van der Waals surface area contributed by atoms with Gasteiger partial charge in [0, 0.05) is 13.8 Å². The molecule has 0 radical (unpaired) electrons. The maximum absolute atomic E-state index is 12.1. The third kappa shape index (κ3) is 3.28. The molecule has 0 amide bonds. The van der Waals surface area contributed by atoms with Crippen molar-refractivity contribution in [1.29, 1.82) is 5.26 Å². The van der Waals surface area contributed by atoms with Crippen LogP contribution in [0.25, 0.3) is 0 Å². The molecule has 1 aromatic carbocycles. The molecule has 1 heterocycles. The summed E-state index contributed by atoms with van der Waals surface area (Å²) in [7, 11) is 0. The van der Waals surface area contributed by atoms with Gasteiger partial charge in [0.25, 0.3) is 5.79 Å². The molecule has 1 aliphatic rings. The lowest BCUT2D eigenvalue weighted by Gasteiger charge is -2.33. The first-order valence-electron chi connectivity index (χ1n) is 7.22. The molecule has 1 aliphatic heterocycles. The van der Waals surface area contributed by atoms with Crippen molar-refractivity contribution >= 4 is 11.9 Å². The smallest absolute Gasteiger partial charge is 0.323 e. The normalized spacial score (nSPS) is 17.8. The van der Waals surface area contributed by atoms with Crippen LogP contribution in [0.2, 0.25) is 0 Å². The van der Waals surface area contributed by atoms with Gasteiger partial charge < -0.3 is 9.47 Å². The summed E-state index contributed by atoms with van der Waals surface area (Å²) in [6.45, 7) is 7.06. The number of hydrogen-bond acceptors (Lipinski definition) is 5. The zero-order valence-electron chi connectivity index (χ0n) is 13.2. The van der Waals surface area contributed by atoms with Crippen LogP contribution in [0.3, 0.4) is 0 Å². The van der Waals surface area contributed by atoms with Crippen molar-refractivity contribution < 1.29 is 19.1 Å². The molecule has 116 valence electrons. The van der Waals surface area contributed by atoms with Crippen LogP contribution < -0.4 is 0 Å². The summed E-state index contributed by atoms with van der Waals surface area (Å²) in [5, 5.41) is 9.00. The van der Waals surface area contributed by atoms with Crippen LogP contribution in [-0.2, 0) is 25.5 Å². The Morgan fingerprint density at radius 2 is 1.82 bits per heavy atom. The number of nitrogens with zero attached hydrogens (tertiary/aromatic N) is 1. The Hall–Kier alpha value is -2.35. The molecule has 0 unspecified atom stereocenters. The maximum Gasteiger partial charge on any atom is 0.323 e. The summed E-state index contributed by atoms with van der Waals surface area (Å²) in [6, 6.07) is 7.36. The average Bonchev–Trinajstić information content (AvgIpc) is 2.41. The molecule has 2 rings (SSSR count). The van der Waals surface area contributed by atoms with Gasteiger partial charge >= 0.3 is 11.9 Å². The molecule has 1 saturated heterocycles. The lowest BCUT2D eigenvalue weighted by molar-refractivity contribution is -0.239. The third-order valence-corrected chi connectivity index (χ3v) is 3.58. The van der Waals surface area contributed by atoms with E-state index >= 15 is 0 Å². The molecule has 0 atom stereocenters. The van der Waals surface area contributed by atoms with E-state index in [9.17, 15) is 9.59 Å². The summed E-state index contributed by atoms with van der Waals surface area (Å²) >= 11 is 0. The number of nitriles is 1. The van der Waals surface area contributed by atoms with Crippen LogP contribution in [-0.4, -0.2) is 17.7 Å². The van der Waals surface area contributed by atoms with Gasteiger partial charge in [0.05, 0.1) is 11.6 Å². The summed E-state index contributed by atoms with van der Waals surface area (Å²) in [6.07, 6.45) is 0.215. The molecular formula is C17H19NO4. The number of rotatable bonds is 3. The van der Waals surface area contributed by atoms with Crippen molar-refractivity contribution in [2.24, 2.45) is 5.92 Å². The van der Waals surface area contributed by atoms with Crippen LogP contribution in [0.4, 0.5) is 0 Å². The molecule has 0 bridgehead atoms. The van der Waals surface area contributed by atoms with E-state index in [2.05, 4.69) is 6.07 Å². The standard InChI is InChI=1S/C17H19NO4/c1-10(2)13-7-11(9-18)5-6-12(13)8-14-15(19)21-17(3,4)22-16(14)20/h5-7,10,14H,8H2,1-4H3. The highest BCUT2D eigenvalue weighted by atomic mass is 16.7. The third-order valence-electron chi connectivity index (χ3n) is 3.58. The molecule has 1 fully saturated rings. The van der Waals surface area contributed by atoms with E-state index in [4.69, 9.17) is 14.7 Å². The Balaban J connectivity index is 2.29. The second-order valence-electron chi connectivity index (χ2n) is 6.18. The predicted octanol–water partition coefficient (Wildman–Crippen LogP) is 2.68. The average molecular weight is 301 g/mol. The van der Waals surface area contributed by atoms with Gasteiger partial charge in [0.2, 0.25) is 0 Å². The highest BCUT2D eigenvalue weighted by Crippen LogP contribution is 2.29. The van der Waals surface area contributed by atoms with Crippen LogP contribution >= 0.6 is 0 Å². The van der Waals surface area contributed by atoms with Crippen LogP contribution in [0.1, 0.15) is 50.3 Å². The van der Waals surface area contributed by atoms with Crippen LogP contribution in [0.15, 0.2) is 18.2 Å². The van der Waals surface area contributed by atoms with E-state index < -0.39 is 23.6 Å². The quantitative estimate of drug-likeness (QED) is 0.633. The van der Waals surface area contributed by atoms with Gasteiger partial charge in [-0.15, -0.1) is 0 Å². The van der Waals surface area contributed by atoms with Gasteiger partial charge in [0.15, 0.2) is 5.92 Å². The Morgan fingerprint density at radius 1 is 1.23 bits per heavy atom. The molecule has 0 N–H and O–H groups in total. The largest absolute Gasteiger partial charge is 0.422 e. The summed E-state index contributed by atoms with van der Waals surface area (Å²) in [4.78, 5) is 24.1. The molecule has 0 spiro atoms. The second-order valence-corrected chi connectivity index (χ2v) is 6.18. The minimum atomic E-state index is -1.21. The van der Waals surface area contributed by atoms with E-state index in [1.807, 2.05) is 13.8 Å². The fourth-order valence-corrected chi connectivity index (χ4v) is 2.52. The topological polar surface area (TPSA) is 76.4 Å². The minimum Gasteiger partial charge on any atom is -0.422 e. The Morgan fingerprint density at radius 3 is 2.32 bits per heavy atom. The minimum absolute atomic E-state index is 0.176. The molecule has 22 heavy (non-hydrogen) atoms. The van der Waals surface area contributed by atoms with Crippen LogP contribution in [0, 0.1) is 17.2 Å². The second kappa shape index (κ2) is 5.80. The first kappa shape index (κ1) is 16.0. The Kier molecular flexibility index (Phi) is 4.23. The molecule has 0 aliphatic carbocycles. The van der Waals surface area contributed by atoms with Gasteiger partial charge in [0.1, 0.15) is 0 Å². The van der Waals surface area contributed by atoms with Gasteiger partial charge in [-0.2, -0.15) is 5.26 Å². The number of ether oxygens (including phenoxy) is 2. The molecule has 0 saturated carbocycles. The monoisotopic (exact) mass is 301 g/mol. The summed E-state index contributed by atoms with van der Waals surface area (Å²) in [5.41, 5.74) is 2.36. The highest BCUT2D eigenvalue weighted by Gasteiger charge is 2.43. The van der Waals surface area contributed by atoms with Crippen molar-refractivity contribution in [1.82, 2.24) is 0 Å². The van der Waals surface area contributed by atoms with E-state index in [-0.39, 0.29) is 12.3 Å². The van der Waals surface area contributed by atoms with Gasteiger partial charge in [-0.3, -0.25) is 9.59 Å². The summed E-state index contributed by atoms with van der Waals surface area (Å²) < 4.78 is 10.3. The number of carbonyl (C=O) groups is 2. The fourth-order valence-electron chi connectivity index (χ4n) is 2.52. The van der Waals surface area contributed by atoms with E-state index in [1.54, 1.807) is 18.2 Å². The van der Waals surface area contributed by atoms with E-state index in [1.165, 1.54) is 13.8 Å². The maximum atomic E-state index is 12.1. The van der Waals surface area contributed by atoms with E-state index in [0.717, 1.165) is 11.1 Å². The summed E-state index contributed by atoms with van der Waals surface area (Å²) in [5.74, 6) is -3.13. The van der Waals surface area contributed by atoms with Crippen LogP contribution in [0.5, 0.6) is 0 Å². The zero-order chi connectivity index (χ0) is 16.5. The van der Waals surface area contributed by atoms with Crippen molar-refractivity contribution in [3.05, 3.63) is 34.9 Å². The van der Waals surface area contributed by atoms with E-state index in [0.29, 0.717) is 5.56 Å². The highest BCUT2D eigenvalue weighted by molar-refractivity contribution is 5.97. The van der Waals surface area contributed by atoms with Crippen molar-refractivity contribution in [2.45, 2.75) is 45.8 Å². The van der Waals surface area contributed by atoms with Crippen molar-refractivity contribution in [3.63, 3.8) is 0 Å². The molecule has 0 aromatic heterocycles. The number of hydrogen-bond donors (Lipinski definition) is 0. The Bertz CT molecular complexity index is 635. The van der Waals surface area contributed by atoms with Gasteiger partial charge in [-0.25, -0.2) is 0 Å². The fraction of sp³-hybridized carbons (Fsp3) is 0.471. The van der Waals surface area contributed by atoms with Crippen molar-refractivity contribution in [3.8, 4) is 6.07 Å². The Labute approximate surface area is 129 Å². The lowest BCUT2D eigenvalue weighted by Crippen LogP contribution is -2.47. The zero-order valence-corrected chi connectivity index (χ0v) is 13.2. The van der Waals surface area contributed by atoms with Crippen molar-refractivity contribution in [2.75, 3.05) is 0 Å². The first-order chi connectivity index (χ1) is 10.2. The van der Waals surface area contributed by atoms with Gasteiger partial charge in [-0.1, -0.05) is 19.9 Å². The number of carbonyl (C=O) groups excluding carboxylic acids is 2. The van der Waals surface area contributed by atoms with Gasteiger partial charge in [-0.05, 0) is 35.6 Å². The molecular weight excluding hydrogens is 282 g/mol. The molecule has 5 nitrogen and oxygen atoms in total. The molecule has 5 heteroatoms. The predicted molar refractivity (Wildman–Crippen MR) is 78.7 cm³/mol. The SMILES string of the molecule is CC(C)c1cc(C#N)ccc1CC1C(=O)OC(C)(C)OC1=O. The molecule has 1 aromatic rings. The number of benzene rings is 1. The number of cyclic esters (lactones) is 2. The first-order valence-corrected chi connectivity index (χ1v) is 7.22. The lowest BCUT2D eigenvalue weighted by atomic mass is 9.89. The number of esters is 2.